The lowest BCUT2D eigenvalue weighted by molar-refractivity contribution is -0.125. The van der Waals surface area contributed by atoms with Gasteiger partial charge in [-0.15, -0.1) is 0 Å². The molecule has 1 aliphatic rings. The average molecular weight is 379 g/mol. The zero-order valence-electron chi connectivity index (χ0n) is 16.4. The lowest BCUT2D eigenvalue weighted by Crippen LogP contribution is -2.50. The molecule has 0 radical (unpaired) electrons. The van der Waals surface area contributed by atoms with E-state index in [4.69, 9.17) is 4.74 Å². The molecule has 0 spiro atoms. The number of hydrogen-bond acceptors (Lipinski definition) is 5. The number of esters is 1. The van der Waals surface area contributed by atoms with Gasteiger partial charge in [-0.1, -0.05) is 44.4 Å². The van der Waals surface area contributed by atoms with E-state index >= 15 is 0 Å². The van der Waals surface area contributed by atoms with Crippen LogP contribution in [0.2, 0.25) is 0 Å². The van der Waals surface area contributed by atoms with Crippen molar-refractivity contribution in [3.8, 4) is 6.07 Å². The zero-order chi connectivity index (χ0) is 20.1. The molecule has 6 heteroatoms. The first-order chi connectivity index (χ1) is 13.5. The normalized spacial score (nSPS) is 15.6. The lowest BCUT2D eigenvalue weighted by atomic mass is 9.83. The predicted octanol–water partition coefficient (Wildman–Crippen LogP) is 3.61. The van der Waals surface area contributed by atoms with Crippen LogP contribution in [-0.4, -0.2) is 29.0 Å². The highest BCUT2D eigenvalue weighted by molar-refractivity contribution is 6.05. The van der Waals surface area contributed by atoms with Gasteiger partial charge < -0.3 is 10.1 Å². The van der Waals surface area contributed by atoms with Crippen molar-refractivity contribution in [2.45, 2.75) is 57.9 Å². The van der Waals surface area contributed by atoms with Gasteiger partial charge in [0.25, 0.3) is 5.91 Å². The van der Waals surface area contributed by atoms with Gasteiger partial charge in [-0.3, -0.25) is 9.78 Å². The van der Waals surface area contributed by atoms with Crippen LogP contribution in [0.5, 0.6) is 0 Å². The highest BCUT2D eigenvalue weighted by Crippen LogP contribution is 2.28. The average Bonchev–Trinajstić information content (AvgIpc) is 2.72. The van der Waals surface area contributed by atoms with E-state index in [9.17, 15) is 14.9 Å². The van der Waals surface area contributed by atoms with Crippen LogP contribution < -0.4 is 5.32 Å². The van der Waals surface area contributed by atoms with Crippen molar-refractivity contribution >= 4 is 22.8 Å². The molecule has 1 aromatic heterocycles. The van der Waals surface area contributed by atoms with Crippen molar-refractivity contribution in [1.29, 1.82) is 5.26 Å². The van der Waals surface area contributed by atoms with E-state index in [1.807, 2.05) is 38.1 Å². The number of ether oxygens (including phenoxy) is 1. The van der Waals surface area contributed by atoms with E-state index in [1.54, 1.807) is 0 Å². The number of nitrogens with zero attached hydrogens (tertiary/aromatic N) is 2. The lowest BCUT2D eigenvalue weighted by Gasteiger charge is -2.31. The van der Waals surface area contributed by atoms with Crippen LogP contribution in [0.3, 0.4) is 0 Å². The largest absolute Gasteiger partial charge is 0.452 e. The Kier molecular flexibility index (Phi) is 5.93. The number of hydrogen-bond donors (Lipinski definition) is 1. The molecule has 0 bridgehead atoms. The molecule has 1 aliphatic carbocycles. The number of aromatic nitrogens is 1. The summed E-state index contributed by atoms with van der Waals surface area (Å²) >= 11 is 0. The topological polar surface area (TPSA) is 92.1 Å². The third-order valence-electron chi connectivity index (χ3n) is 5.41. The van der Waals surface area contributed by atoms with Gasteiger partial charge in [-0.2, -0.15) is 5.26 Å². The third-order valence-corrected chi connectivity index (χ3v) is 5.41. The molecule has 2 aromatic rings. The number of nitriles is 1. The van der Waals surface area contributed by atoms with Gasteiger partial charge in [0.05, 0.1) is 17.1 Å². The number of fused-ring (bicyclic) bond motifs is 1. The van der Waals surface area contributed by atoms with E-state index in [-0.39, 0.29) is 0 Å². The van der Waals surface area contributed by atoms with Gasteiger partial charge in [0.15, 0.2) is 6.61 Å². The third kappa shape index (κ3) is 3.99. The summed E-state index contributed by atoms with van der Waals surface area (Å²) in [6.07, 6.45) is 4.87. The van der Waals surface area contributed by atoms with Gasteiger partial charge in [-0.25, -0.2) is 4.79 Å². The summed E-state index contributed by atoms with van der Waals surface area (Å²) in [4.78, 5) is 29.7. The molecular formula is C22H25N3O3. The summed E-state index contributed by atoms with van der Waals surface area (Å²) in [6, 6.07) is 9.64. The first-order valence-electron chi connectivity index (χ1n) is 9.77. The molecule has 1 fully saturated rings. The maximum Gasteiger partial charge on any atom is 0.339 e. The minimum Gasteiger partial charge on any atom is -0.452 e. The molecule has 1 N–H and O–H groups in total. The molecule has 1 amide bonds. The van der Waals surface area contributed by atoms with Crippen molar-refractivity contribution in [3.63, 3.8) is 0 Å². The van der Waals surface area contributed by atoms with Gasteiger partial charge in [0.2, 0.25) is 0 Å². The van der Waals surface area contributed by atoms with Crippen LogP contribution in [-0.2, 0) is 16.0 Å². The number of amides is 1. The zero-order valence-corrected chi connectivity index (χ0v) is 16.4. The molecule has 1 aromatic carbocycles. The number of nitrogens with one attached hydrogen (secondary N) is 1. The maximum atomic E-state index is 12.8. The summed E-state index contributed by atoms with van der Waals surface area (Å²) in [7, 11) is 0. The van der Waals surface area contributed by atoms with Crippen LogP contribution in [0.1, 0.15) is 60.6 Å². The Labute approximate surface area is 164 Å². The quantitative estimate of drug-likeness (QED) is 0.801. The van der Waals surface area contributed by atoms with Crippen molar-refractivity contribution in [2.24, 2.45) is 0 Å². The molecular weight excluding hydrogens is 354 g/mol. The van der Waals surface area contributed by atoms with Crippen LogP contribution in [0, 0.1) is 18.3 Å². The Morgan fingerprint density at radius 3 is 2.64 bits per heavy atom. The van der Waals surface area contributed by atoms with E-state index in [0.717, 1.165) is 36.0 Å². The number of carbonyl (C=O) groups is 2. The van der Waals surface area contributed by atoms with E-state index in [1.165, 1.54) is 0 Å². The molecule has 28 heavy (non-hydrogen) atoms. The summed E-state index contributed by atoms with van der Waals surface area (Å²) in [5, 5.41) is 13.0. The van der Waals surface area contributed by atoms with Crippen molar-refractivity contribution < 1.29 is 14.3 Å². The Bertz CT molecular complexity index is 940. The van der Waals surface area contributed by atoms with Crippen LogP contribution in [0.25, 0.3) is 10.9 Å². The highest BCUT2D eigenvalue weighted by Gasteiger charge is 2.33. The van der Waals surface area contributed by atoms with Gasteiger partial charge in [-0.05, 0) is 37.8 Å². The van der Waals surface area contributed by atoms with Gasteiger partial charge in [0.1, 0.15) is 5.54 Å². The Balaban J connectivity index is 1.76. The van der Waals surface area contributed by atoms with Gasteiger partial charge >= 0.3 is 5.97 Å². The molecule has 1 heterocycles. The molecule has 3 rings (SSSR count). The van der Waals surface area contributed by atoms with Crippen molar-refractivity contribution in [1.82, 2.24) is 10.3 Å². The standard InChI is InChI=1S/C22H25N3O3/c1-3-17-15(2)20(16-9-5-6-10-18(16)24-17)21(27)28-13-19(26)25-22(14-23)11-7-4-8-12-22/h5-6,9-10H,3-4,7-8,11-13H2,1-2H3,(H,25,26). The van der Waals surface area contributed by atoms with Crippen LogP contribution >= 0.6 is 0 Å². The minimum atomic E-state index is -0.837. The summed E-state index contributed by atoms with van der Waals surface area (Å²) in [6.45, 7) is 3.43. The van der Waals surface area contributed by atoms with Gasteiger partial charge in [0, 0.05) is 11.1 Å². The number of benzene rings is 1. The Morgan fingerprint density at radius 2 is 1.96 bits per heavy atom. The van der Waals surface area contributed by atoms with Crippen molar-refractivity contribution in [3.05, 3.63) is 41.1 Å². The molecule has 6 nitrogen and oxygen atoms in total. The molecule has 0 aliphatic heterocycles. The minimum absolute atomic E-state index is 0.403. The van der Waals surface area contributed by atoms with E-state index in [2.05, 4.69) is 16.4 Å². The van der Waals surface area contributed by atoms with E-state index in [0.29, 0.717) is 30.2 Å². The van der Waals surface area contributed by atoms with Crippen LogP contribution in [0.15, 0.2) is 24.3 Å². The summed E-state index contributed by atoms with van der Waals surface area (Å²) in [5.41, 5.74) is 1.94. The fourth-order valence-electron chi connectivity index (χ4n) is 3.89. The Morgan fingerprint density at radius 1 is 1.25 bits per heavy atom. The first-order valence-corrected chi connectivity index (χ1v) is 9.77. The van der Waals surface area contributed by atoms with E-state index < -0.39 is 24.0 Å². The second-order valence-corrected chi connectivity index (χ2v) is 7.31. The summed E-state index contributed by atoms with van der Waals surface area (Å²) < 4.78 is 5.32. The smallest absolute Gasteiger partial charge is 0.339 e. The second-order valence-electron chi connectivity index (χ2n) is 7.31. The fourth-order valence-corrected chi connectivity index (χ4v) is 3.89. The first kappa shape index (κ1) is 19.8. The number of carbonyl (C=O) groups excluding carboxylic acids is 2. The number of rotatable bonds is 5. The SMILES string of the molecule is CCc1nc2ccccc2c(C(=O)OCC(=O)NC2(C#N)CCCCC2)c1C. The number of para-hydroxylation sites is 1. The second kappa shape index (κ2) is 8.39. The summed E-state index contributed by atoms with van der Waals surface area (Å²) in [5.74, 6) is -0.987. The number of pyridine rings is 1. The highest BCUT2D eigenvalue weighted by atomic mass is 16.5. The number of aryl methyl sites for hydroxylation is 1. The van der Waals surface area contributed by atoms with Crippen LogP contribution in [0.4, 0.5) is 0 Å². The predicted molar refractivity (Wildman–Crippen MR) is 106 cm³/mol. The molecule has 146 valence electrons. The maximum absolute atomic E-state index is 12.8. The molecule has 1 saturated carbocycles. The van der Waals surface area contributed by atoms with Crippen molar-refractivity contribution in [2.75, 3.05) is 6.61 Å². The Hall–Kier alpha value is -2.94. The molecule has 0 unspecified atom stereocenters. The molecule has 0 saturated heterocycles. The monoisotopic (exact) mass is 379 g/mol. The molecule has 0 atom stereocenters. The fraction of sp³-hybridized carbons (Fsp3) is 0.455.